The Morgan fingerprint density at radius 2 is 2.40 bits per heavy atom. The molecule has 1 aromatic rings. The summed E-state index contributed by atoms with van der Waals surface area (Å²) in [5.74, 6) is -0.370. The van der Waals surface area contributed by atoms with Crippen LogP contribution in [-0.4, -0.2) is 36.7 Å². The molecule has 0 radical (unpaired) electrons. The van der Waals surface area contributed by atoms with Crippen LogP contribution < -0.4 is 10.6 Å². The zero-order chi connectivity index (χ0) is 14.4. The minimum Gasteiger partial charge on any atom is -0.462 e. The average Bonchev–Trinajstić information content (AvgIpc) is 2.68. The van der Waals surface area contributed by atoms with Crippen LogP contribution in [0, 0.1) is 0 Å². The molecule has 5 nitrogen and oxygen atoms in total. The van der Waals surface area contributed by atoms with Gasteiger partial charge in [-0.05, 0) is 45.3 Å². The summed E-state index contributed by atoms with van der Waals surface area (Å²) in [7, 11) is 0. The molecule has 1 atom stereocenters. The Labute approximate surface area is 124 Å². The number of carbonyl (C=O) groups is 1. The molecule has 0 unspecified atom stereocenters. The van der Waals surface area contributed by atoms with Crippen LogP contribution in [0.2, 0.25) is 5.15 Å². The van der Waals surface area contributed by atoms with Crippen molar-refractivity contribution in [2.75, 3.05) is 25.0 Å². The molecule has 2 heterocycles. The third-order valence-electron chi connectivity index (χ3n) is 3.30. The highest BCUT2D eigenvalue weighted by Gasteiger charge is 2.18. The van der Waals surface area contributed by atoms with E-state index in [0.29, 0.717) is 29.1 Å². The fourth-order valence-corrected chi connectivity index (χ4v) is 2.46. The Balaban J connectivity index is 2.15. The van der Waals surface area contributed by atoms with Gasteiger partial charge in [-0.2, -0.15) is 0 Å². The molecule has 1 fully saturated rings. The van der Waals surface area contributed by atoms with E-state index >= 15 is 0 Å². The van der Waals surface area contributed by atoms with Gasteiger partial charge in [-0.3, -0.25) is 0 Å². The van der Waals surface area contributed by atoms with Crippen molar-refractivity contribution in [2.24, 2.45) is 0 Å². The normalized spacial score (nSPS) is 19.2. The summed E-state index contributed by atoms with van der Waals surface area (Å²) < 4.78 is 5.05. The van der Waals surface area contributed by atoms with Crippen molar-refractivity contribution in [3.05, 3.63) is 23.0 Å². The first-order chi connectivity index (χ1) is 9.70. The second-order valence-electron chi connectivity index (χ2n) is 4.80. The first-order valence-corrected chi connectivity index (χ1v) is 7.38. The lowest BCUT2D eigenvalue weighted by Crippen LogP contribution is -2.23. The van der Waals surface area contributed by atoms with Crippen molar-refractivity contribution >= 4 is 23.3 Å². The van der Waals surface area contributed by atoms with Gasteiger partial charge in [-0.25, -0.2) is 9.78 Å². The molecule has 2 rings (SSSR count). The number of rotatable bonds is 4. The lowest BCUT2D eigenvalue weighted by molar-refractivity contribution is 0.0527. The molecule has 1 aliphatic rings. The third-order valence-corrected chi connectivity index (χ3v) is 3.51. The molecule has 1 aliphatic heterocycles. The predicted octanol–water partition coefficient (Wildman–Crippen LogP) is 2.47. The lowest BCUT2D eigenvalue weighted by atomic mass is 10.1. The van der Waals surface area contributed by atoms with Crippen LogP contribution in [0.15, 0.2) is 12.3 Å². The molecule has 110 valence electrons. The van der Waals surface area contributed by atoms with Crippen molar-refractivity contribution in [2.45, 2.75) is 32.2 Å². The number of anilines is 1. The monoisotopic (exact) mass is 297 g/mol. The Morgan fingerprint density at radius 1 is 1.55 bits per heavy atom. The highest BCUT2D eigenvalue weighted by atomic mass is 35.5. The van der Waals surface area contributed by atoms with E-state index in [2.05, 4.69) is 15.6 Å². The number of hydrogen-bond acceptors (Lipinski definition) is 5. The quantitative estimate of drug-likeness (QED) is 0.660. The molecular weight excluding hydrogens is 278 g/mol. The molecule has 0 bridgehead atoms. The molecule has 0 amide bonds. The number of esters is 1. The van der Waals surface area contributed by atoms with Gasteiger partial charge in [0.05, 0.1) is 12.3 Å². The lowest BCUT2D eigenvalue weighted by Gasteiger charge is -2.19. The highest BCUT2D eigenvalue weighted by molar-refractivity contribution is 6.29. The van der Waals surface area contributed by atoms with Crippen LogP contribution in [0.1, 0.15) is 36.5 Å². The fraction of sp³-hybridized carbons (Fsp3) is 0.571. The van der Waals surface area contributed by atoms with E-state index < -0.39 is 0 Å². The van der Waals surface area contributed by atoms with Crippen LogP contribution in [0.5, 0.6) is 0 Å². The van der Waals surface area contributed by atoms with Gasteiger partial charge in [0.15, 0.2) is 0 Å². The van der Waals surface area contributed by atoms with E-state index in [1.54, 1.807) is 13.0 Å². The van der Waals surface area contributed by atoms with Crippen LogP contribution >= 0.6 is 11.6 Å². The number of pyridine rings is 1. The maximum Gasteiger partial charge on any atom is 0.341 e. The van der Waals surface area contributed by atoms with E-state index in [1.165, 1.54) is 6.20 Å². The minimum atomic E-state index is -0.370. The number of ether oxygens (including phenoxy) is 1. The summed E-state index contributed by atoms with van der Waals surface area (Å²) in [6.45, 7) is 4.14. The Bertz CT molecular complexity index is 460. The SMILES string of the molecule is CCOC(=O)c1cnc(Cl)cc1N[C@@H]1CCCNCC1. The molecule has 0 aromatic carbocycles. The zero-order valence-electron chi connectivity index (χ0n) is 11.6. The number of halogens is 1. The average molecular weight is 298 g/mol. The van der Waals surface area contributed by atoms with Crippen LogP contribution in [0.25, 0.3) is 0 Å². The highest BCUT2D eigenvalue weighted by Crippen LogP contribution is 2.22. The van der Waals surface area contributed by atoms with Gasteiger partial charge in [0.25, 0.3) is 0 Å². The molecule has 0 saturated carbocycles. The van der Waals surface area contributed by atoms with Gasteiger partial charge in [0, 0.05) is 12.2 Å². The van der Waals surface area contributed by atoms with Crippen LogP contribution in [0.4, 0.5) is 5.69 Å². The van der Waals surface area contributed by atoms with E-state index in [0.717, 1.165) is 32.4 Å². The van der Waals surface area contributed by atoms with Gasteiger partial charge in [0.2, 0.25) is 0 Å². The predicted molar refractivity (Wildman–Crippen MR) is 79.3 cm³/mol. The number of aromatic nitrogens is 1. The third kappa shape index (κ3) is 4.08. The second-order valence-corrected chi connectivity index (χ2v) is 5.18. The van der Waals surface area contributed by atoms with E-state index in [9.17, 15) is 4.79 Å². The van der Waals surface area contributed by atoms with Crippen LogP contribution in [-0.2, 0) is 4.74 Å². The molecule has 0 aliphatic carbocycles. The first-order valence-electron chi connectivity index (χ1n) is 7.00. The van der Waals surface area contributed by atoms with E-state index in [-0.39, 0.29) is 5.97 Å². The Hall–Kier alpha value is -1.33. The standard InChI is InChI=1S/C14H20ClN3O2/c1-2-20-14(19)11-9-17-13(15)8-12(11)18-10-4-3-6-16-7-5-10/h8-10,16H,2-7H2,1H3,(H,17,18)/t10-/m1/s1. The summed E-state index contributed by atoms with van der Waals surface area (Å²) in [5.41, 5.74) is 1.14. The van der Waals surface area contributed by atoms with Crippen LogP contribution in [0.3, 0.4) is 0 Å². The molecule has 0 spiro atoms. The maximum absolute atomic E-state index is 11.9. The van der Waals surface area contributed by atoms with Crippen molar-refractivity contribution in [1.82, 2.24) is 10.3 Å². The summed E-state index contributed by atoms with van der Waals surface area (Å²) in [6.07, 6.45) is 4.67. The van der Waals surface area contributed by atoms with E-state index in [4.69, 9.17) is 16.3 Å². The Morgan fingerprint density at radius 3 is 3.20 bits per heavy atom. The number of nitrogens with zero attached hydrogens (tertiary/aromatic N) is 1. The minimum absolute atomic E-state index is 0.330. The number of nitrogens with one attached hydrogen (secondary N) is 2. The van der Waals surface area contributed by atoms with Gasteiger partial charge in [0.1, 0.15) is 10.7 Å². The first kappa shape index (κ1) is 15.1. The van der Waals surface area contributed by atoms with Crippen molar-refractivity contribution in [1.29, 1.82) is 0 Å². The molecule has 20 heavy (non-hydrogen) atoms. The van der Waals surface area contributed by atoms with E-state index in [1.807, 2.05) is 0 Å². The van der Waals surface area contributed by atoms with Gasteiger partial charge < -0.3 is 15.4 Å². The Kier molecular flexibility index (Phi) is 5.61. The van der Waals surface area contributed by atoms with Crippen molar-refractivity contribution in [3.8, 4) is 0 Å². The molecule has 1 saturated heterocycles. The van der Waals surface area contributed by atoms with Crippen molar-refractivity contribution < 1.29 is 9.53 Å². The molecule has 2 N–H and O–H groups in total. The summed E-state index contributed by atoms with van der Waals surface area (Å²) in [5, 5.41) is 7.13. The number of carbonyl (C=O) groups excluding carboxylic acids is 1. The number of hydrogen-bond donors (Lipinski definition) is 2. The largest absolute Gasteiger partial charge is 0.462 e. The molecule has 1 aromatic heterocycles. The van der Waals surface area contributed by atoms with Crippen molar-refractivity contribution in [3.63, 3.8) is 0 Å². The fourth-order valence-electron chi connectivity index (χ4n) is 2.30. The van der Waals surface area contributed by atoms with Gasteiger partial charge in [-0.1, -0.05) is 11.6 Å². The summed E-state index contributed by atoms with van der Waals surface area (Å²) in [6, 6.07) is 2.02. The summed E-state index contributed by atoms with van der Waals surface area (Å²) >= 11 is 5.93. The smallest absolute Gasteiger partial charge is 0.341 e. The molecule has 6 heteroatoms. The second kappa shape index (κ2) is 7.45. The summed E-state index contributed by atoms with van der Waals surface area (Å²) in [4.78, 5) is 15.9. The molecular formula is C14H20ClN3O2. The maximum atomic E-state index is 11.9. The topological polar surface area (TPSA) is 63.2 Å². The van der Waals surface area contributed by atoms with Gasteiger partial charge >= 0.3 is 5.97 Å². The zero-order valence-corrected chi connectivity index (χ0v) is 12.4. The van der Waals surface area contributed by atoms with Gasteiger partial charge in [-0.15, -0.1) is 0 Å².